The summed E-state index contributed by atoms with van der Waals surface area (Å²) in [5.74, 6) is 1.32. The van der Waals surface area contributed by atoms with Crippen molar-refractivity contribution in [3.8, 4) is 0 Å². The van der Waals surface area contributed by atoms with Gasteiger partial charge in [0.1, 0.15) is 0 Å². The van der Waals surface area contributed by atoms with Crippen LogP contribution in [0.15, 0.2) is 0 Å². The van der Waals surface area contributed by atoms with Gasteiger partial charge >= 0.3 is 0 Å². The van der Waals surface area contributed by atoms with E-state index in [2.05, 4.69) is 13.8 Å². The number of alkyl halides is 2. The van der Waals surface area contributed by atoms with Crippen LogP contribution < -0.4 is 0 Å². The molecular formula is C7H14Cl2. The van der Waals surface area contributed by atoms with Gasteiger partial charge in [-0.15, -0.1) is 23.2 Å². The Morgan fingerprint density at radius 1 is 1.22 bits per heavy atom. The second kappa shape index (κ2) is 5.37. The molecule has 0 saturated heterocycles. The summed E-state index contributed by atoms with van der Waals surface area (Å²) in [4.78, 5) is 0. The molecule has 9 heavy (non-hydrogen) atoms. The van der Waals surface area contributed by atoms with Crippen LogP contribution in [0, 0.1) is 5.92 Å². The van der Waals surface area contributed by atoms with Crippen molar-refractivity contribution in [3.63, 3.8) is 0 Å². The molecule has 2 heteroatoms. The maximum atomic E-state index is 5.78. The van der Waals surface area contributed by atoms with Crippen LogP contribution in [0.4, 0.5) is 0 Å². The first-order valence-electron chi connectivity index (χ1n) is 3.36. The van der Waals surface area contributed by atoms with E-state index in [-0.39, 0.29) is 5.38 Å². The molecule has 0 aliphatic heterocycles. The zero-order valence-corrected chi connectivity index (χ0v) is 7.54. The van der Waals surface area contributed by atoms with Crippen LogP contribution in [-0.4, -0.2) is 11.3 Å². The molecule has 0 saturated carbocycles. The first-order valence-corrected chi connectivity index (χ1v) is 4.34. The summed E-state index contributed by atoms with van der Waals surface area (Å²) >= 11 is 11.3. The maximum absolute atomic E-state index is 5.78. The molecule has 0 radical (unpaired) electrons. The number of hydrogen-bond donors (Lipinski definition) is 0. The fourth-order valence-corrected chi connectivity index (χ4v) is 0.872. The van der Waals surface area contributed by atoms with Gasteiger partial charge in [-0.05, 0) is 18.8 Å². The van der Waals surface area contributed by atoms with Gasteiger partial charge in [-0.1, -0.05) is 13.8 Å². The predicted octanol–water partition coefficient (Wildman–Crippen LogP) is 3.27. The zero-order valence-electron chi connectivity index (χ0n) is 6.03. The Morgan fingerprint density at radius 3 is 2.11 bits per heavy atom. The van der Waals surface area contributed by atoms with Crippen molar-refractivity contribution in [2.24, 2.45) is 5.92 Å². The SMILES string of the molecule is CC(C)CCC(Cl)CCl. The molecular weight excluding hydrogens is 155 g/mol. The molecule has 1 unspecified atom stereocenters. The van der Waals surface area contributed by atoms with Gasteiger partial charge in [0.15, 0.2) is 0 Å². The molecule has 0 fully saturated rings. The van der Waals surface area contributed by atoms with Gasteiger partial charge in [0.05, 0.1) is 0 Å². The van der Waals surface area contributed by atoms with Gasteiger partial charge in [-0.2, -0.15) is 0 Å². The van der Waals surface area contributed by atoms with Crippen molar-refractivity contribution in [2.45, 2.75) is 32.1 Å². The second-order valence-corrected chi connectivity index (χ2v) is 3.65. The highest BCUT2D eigenvalue weighted by Crippen LogP contribution is 2.11. The first kappa shape index (κ1) is 9.58. The molecule has 0 N–H and O–H groups in total. The van der Waals surface area contributed by atoms with Crippen molar-refractivity contribution in [2.75, 3.05) is 5.88 Å². The minimum absolute atomic E-state index is 0.175. The van der Waals surface area contributed by atoms with E-state index in [4.69, 9.17) is 23.2 Å². The predicted molar refractivity (Wildman–Crippen MR) is 44.4 cm³/mol. The fraction of sp³-hybridized carbons (Fsp3) is 1.00. The monoisotopic (exact) mass is 168 g/mol. The smallest absolute Gasteiger partial charge is 0.0471 e. The lowest BCUT2D eigenvalue weighted by molar-refractivity contribution is 0.554. The van der Waals surface area contributed by atoms with E-state index in [1.54, 1.807) is 0 Å². The lowest BCUT2D eigenvalue weighted by Crippen LogP contribution is -2.01. The molecule has 0 bridgehead atoms. The van der Waals surface area contributed by atoms with Gasteiger partial charge in [0.2, 0.25) is 0 Å². The third kappa shape index (κ3) is 6.47. The first-order chi connectivity index (χ1) is 4.16. The molecule has 56 valence electrons. The van der Waals surface area contributed by atoms with E-state index < -0.39 is 0 Å². The maximum Gasteiger partial charge on any atom is 0.0471 e. The Kier molecular flexibility index (Phi) is 5.72. The Labute approximate surface area is 67.5 Å². The molecule has 0 aliphatic rings. The van der Waals surface area contributed by atoms with Crippen molar-refractivity contribution in [3.05, 3.63) is 0 Å². The minimum Gasteiger partial charge on any atom is -0.125 e. The zero-order chi connectivity index (χ0) is 7.28. The van der Waals surface area contributed by atoms with Crippen LogP contribution in [0.1, 0.15) is 26.7 Å². The van der Waals surface area contributed by atoms with E-state index >= 15 is 0 Å². The third-order valence-corrected chi connectivity index (χ3v) is 2.13. The standard InChI is InChI=1S/C7H14Cl2/c1-6(2)3-4-7(9)5-8/h6-7H,3-5H2,1-2H3. The van der Waals surface area contributed by atoms with Gasteiger partial charge < -0.3 is 0 Å². The topological polar surface area (TPSA) is 0 Å². The Bertz CT molecular complexity index is 61.9. The van der Waals surface area contributed by atoms with E-state index in [1.807, 2.05) is 0 Å². The van der Waals surface area contributed by atoms with Crippen molar-refractivity contribution < 1.29 is 0 Å². The number of halogens is 2. The summed E-state index contributed by atoms with van der Waals surface area (Å²) < 4.78 is 0. The van der Waals surface area contributed by atoms with Gasteiger partial charge in [0, 0.05) is 11.3 Å². The normalized spacial score (nSPS) is 14.3. The summed E-state index contributed by atoms with van der Waals surface area (Å²) in [7, 11) is 0. The summed E-state index contributed by atoms with van der Waals surface area (Å²) in [6.45, 7) is 4.38. The lowest BCUT2D eigenvalue weighted by atomic mass is 10.1. The molecule has 0 amide bonds. The molecule has 0 aromatic rings. The lowest BCUT2D eigenvalue weighted by Gasteiger charge is -2.06. The number of rotatable bonds is 4. The molecule has 1 atom stereocenters. The molecule has 0 aliphatic carbocycles. The summed E-state index contributed by atoms with van der Waals surface area (Å²) in [5, 5.41) is 0.175. The largest absolute Gasteiger partial charge is 0.125 e. The molecule has 0 heterocycles. The van der Waals surface area contributed by atoms with E-state index in [0.717, 1.165) is 12.3 Å². The quantitative estimate of drug-likeness (QED) is 0.566. The summed E-state index contributed by atoms with van der Waals surface area (Å²) in [5.41, 5.74) is 0. The van der Waals surface area contributed by atoms with Crippen LogP contribution >= 0.6 is 23.2 Å². The molecule has 0 spiro atoms. The van der Waals surface area contributed by atoms with Crippen LogP contribution in [0.3, 0.4) is 0 Å². The number of hydrogen-bond acceptors (Lipinski definition) is 0. The van der Waals surface area contributed by atoms with E-state index in [0.29, 0.717) is 5.88 Å². The van der Waals surface area contributed by atoms with E-state index in [9.17, 15) is 0 Å². The van der Waals surface area contributed by atoms with Crippen LogP contribution in [0.5, 0.6) is 0 Å². The van der Waals surface area contributed by atoms with Crippen LogP contribution in [0.25, 0.3) is 0 Å². The average Bonchev–Trinajstić information content (AvgIpc) is 1.83. The van der Waals surface area contributed by atoms with Crippen molar-refractivity contribution >= 4 is 23.2 Å². The average molecular weight is 169 g/mol. The van der Waals surface area contributed by atoms with Crippen LogP contribution in [-0.2, 0) is 0 Å². The Hall–Kier alpha value is 0.580. The van der Waals surface area contributed by atoms with Crippen molar-refractivity contribution in [1.29, 1.82) is 0 Å². The minimum atomic E-state index is 0.175. The van der Waals surface area contributed by atoms with Crippen molar-refractivity contribution in [1.82, 2.24) is 0 Å². The molecule has 0 nitrogen and oxygen atoms in total. The van der Waals surface area contributed by atoms with Crippen LogP contribution in [0.2, 0.25) is 0 Å². The highest BCUT2D eigenvalue weighted by molar-refractivity contribution is 6.28. The van der Waals surface area contributed by atoms with Gasteiger partial charge in [-0.25, -0.2) is 0 Å². The Morgan fingerprint density at radius 2 is 1.78 bits per heavy atom. The third-order valence-electron chi connectivity index (χ3n) is 1.22. The molecule has 0 aromatic carbocycles. The molecule has 0 rings (SSSR count). The second-order valence-electron chi connectivity index (χ2n) is 2.72. The summed E-state index contributed by atoms with van der Waals surface area (Å²) in [6.07, 6.45) is 2.23. The molecule has 0 aromatic heterocycles. The fourth-order valence-electron chi connectivity index (χ4n) is 0.591. The highest BCUT2D eigenvalue weighted by atomic mass is 35.5. The van der Waals surface area contributed by atoms with Gasteiger partial charge in [0.25, 0.3) is 0 Å². The highest BCUT2D eigenvalue weighted by Gasteiger charge is 2.02. The van der Waals surface area contributed by atoms with E-state index in [1.165, 1.54) is 6.42 Å². The Balaban J connectivity index is 3.06. The summed E-state index contributed by atoms with van der Waals surface area (Å²) in [6, 6.07) is 0. The van der Waals surface area contributed by atoms with Gasteiger partial charge in [-0.3, -0.25) is 0 Å².